The van der Waals surface area contributed by atoms with Crippen molar-refractivity contribution >= 4 is 38.9 Å². The van der Waals surface area contributed by atoms with Gasteiger partial charge in [0, 0.05) is 16.4 Å². The number of aryl methyl sites for hydroxylation is 2. The van der Waals surface area contributed by atoms with Crippen LogP contribution in [0.25, 0.3) is 0 Å². The molecule has 2 N–H and O–H groups in total. The number of carbonyl (C=O) groups excluding carboxylic acids is 1. The number of rotatable bonds is 9. The summed E-state index contributed by atoms with van der Waals surface area (Å²) in [5.41, 5.74) is 2.59. The molecule has 0 radical (unpaired) electrons. The predicted octanol–water partition coefficient (Wildman–Crippen LogP) is 5.56. The number of ether oxygens (including phenoxy) is 2. The van der Waals surface area contributed by atoms with E-state index < -0.39 is 16.1 Å². The van der Waals surface area contributed by atoms with Crippen LogP contribution in [-0.2, 0) is 14.8 Å². The second-order valence-corrected chi connectivity index (χ2v) is 9.77. The zero-order valence-electron chi connectivity index (χ0n) is 19.4. The topological polar surface area (TPSA) is 93.7 Å². The number of nitrogens with one attached hydrogen (secondary N) is 2. The lowest BCUT2D eigenvalue weighted by Gasteiger charge is -2.16. The number of amides is 1. The molecule has 0 aliphatic rings. The Labute approximate surface area is 205 Å². The Morgan fingerprint density at radius 3 is 2.06 bits per heavy atom. The first-order valence-electron chi connectivity index (χ1n) is 10.7. The minimum atomic E-state index is -3.79. The standard InChI is InChI=1S/C25H27ClN2O5S/c1-5-32-21-10-6-20(7-11-21)28-34(30,31)23-12-8-19(9-13-23)27-25(29)18(4)33-22-14-16(2)24(26)17(3)15-22/h6-15,18,28H,5H2,1-4H3,(H,27,29)/t18-/m0/s1. The van der Waals surface area contributed by atoms with Crippen molar-refractivity contribution in [1.82, 2.24) is 0 Å². The molecule has 0 spiro atoms. The SMILES string of the molecule is CCOc1ccc(NS(=O)(=O)c2ccc(NC(=O)[C@H](C)Oc3cc(C)c(Cl)c(C)c3)cc2)cc1. The fraction of sp³-hybridized carbons (Fsp3) is 0.240. The Hall–Kier alpha value is -3.23. The molecule has 1 amide bonds. The van der Waals surface area contributed by atoms with Crippen molar-refractivity contribution in [3.63, 3.8) is 0 Å². The Kier molecular flexibility index (Phi) is 8.06. The maximum Gasteiger partial charge on any atom is 0.265 e. The van der Waals surface area contributed by atoms with E-state index in [1.54, 1.807) is 43.3 Å². The normalized spacial score (nSPS) is 12.0. The summed E-state index contributed by atoms with van der Waals surface area (Å²) >= 11 is 6.18. The molecule has 9 heteroatoms. The molecular formula is C25H27ClN2O5S. The summed E-state index contributed by atoms with van der Waals surface area (Å²) in [5.74, 6) is 0.835. The van der Waals surface area contributed by atoms with Crippen LogP contribution in [0, 0.1) is 13.8 Å². The van der Waals surface area contributed by atoms with Crippen LogP contribution >= 0.6 is 11.6 Å². The van der Waals surface area contributed by atoms with Gasteiger partial charge >= 0.3 is 0 Å². The molecule has 0 aliphatic carbocycles. The summed E-state index contributed by atoms with van der Waals surface area (Å²) in [7, 11) is -3.79. The number of carbonyl (C=O) groups is 1. The van der Waals surface area contributed by atoms with E-state index in [2.05, 4.69) is 10.0 Å². The molecule has 0 saturated carbocycles. The average molecular weight is 503 g/mol. The third kappa shape index (κ3) is 6.42. The van der Waals surface area contributed by atoms with Gasteiger partial charge < -0.3 is 14.8 Å². The Morgan fingerprint density at radius 2 is 1.50 bits per heavy atom. The highest BCUT2D eigenvalue weighted by Gasteiger charge is 2.18. The second kappa shape index (κ2) is 10.8. The van der Waals surface area contributed by atoms with Gasteiger partial charge in [0.1, 0.15) is 11.5 Å². The van der Waals surface area contributed by atoms with E-state index in [1.807, 2.05) is 20.8 Å². The zero-order valence-corrected chi connectivity index (χ0v) is 21.0. The number of hydrogen-bond donors (Lipinski definition) is 2. The van der Waals surface area contributed by atoms with Gasteiger partial charge in [0.05, 0.1) is 11.5 Å². The molecule has 3 aromatic rings. The van der Waals surface area contributed by atoms with Crippen molar-refractivity contribution in [1.29, 1.82) is 0 Å². The van der Waals surface area contributed by atoms with Gasteiger partial charge in [0.15, 0.2) is 6.10 Å². The Bertz CT molecular complexity index is 1240. The van der Waals surface area contributed by atoms with E-state index in [0.29, 0.717) is 34.5 Å². The number of hydrogen-bond acceptors (Lipinski definition) is 5. The highest BCUT2D eigenvalue weighted by molar-refractivity contribution is 7.92. The van der Waals surface area contributed by atoms with E-state index in [4.69, 9.17) is 21.1 Å². The van der Waals surface area contributed by atoms with E-state index in [1.165, 1.54) is 24.3 Å². The maximum absolute atomic E-state index is 12.7. The van der Waals surface area contributed by atoms with Crippen molar-refractivity contribution in [2.45, 2.75) is 38.7 Å². The van der Waals surface area contributed by atoms with Crippen molar-refractivity contribution in [3.8, 4) is 11.5 Å². The molecule has 1 atom stereocenters. The third-order valence-corrected chi connectivity index (χ3v) is 6.94. The Morgan fingerprint density at radius 1 is 0.941 bits per heavy atom. The van der Waals surface area contributed by atoms with Gasteiger partial charge in [-0.05, 0) is 99.5 Å². The van der Waals surface area contributed by atoms with E-state index >= 15 is 0 Å². The quantitative estimate of drug-likeness (QED) is 0.399. The molecule has 0 fully saturated rings. The fourth-order valence-electron chi connectivity index (χ4n) is 3.19. The highest BCUT2D eigenvalue weighted by atomic mass is 35.5. The molecule has 0 aliphatic heterocycles. The molecule has 0 aromatic heterocycles. The minimum absolute atomic E-state index is 0.0656. The van der Waals surface area contributed by atoms with Crippen molar-refractivity contribution in [3.05, 3.63) is 76.8 Å². The first-order valence-corrected chi connectivity index (χ1v) is 12.5. The molecular weight excluding hydrogens is 476 g/mol. The average Bonchev–Trinajstić information content (AvgIpc) is 2.79. The van der Waals surface area contributed by atoms with Gasteiger partial charge in [-0.2, -0.15) is 0 Å². The van der Waals surface area contributed by atoms with Crippen LogP contribution in [-0.4, -0.2) is 27.0 Å². The van der Waals surface area contributed by atoms with Crippen LogP contribution in [0.2, 0.25) is 5.02 Å². The van der Waals surface area contributed by atoms with Crippen molar-refractivity contribution in [2.75, 3.05) is 16.6 Å². The first-order chi connectivity index (χ1) is 16.1. The van der Waals surface area contributed by atoms with Crippen molar-refractivity contribution < 1.29 is 22.7 Å². The lowest BCUT2D eigenvalue weighted by Crippen LogP contribution is -2.30. The van der Waals surface area contributed by atoms with E-state index in [0.717, 1.165) is 11.1 Å². The monoisotopic (exact) mass is 502 g/mol. The van der Waals surface area contributed by atoms with Crippen LogP contribution in [0.1, 0.15) is 25.0 Å². The molecule has 34 heavy (non-hydrogen) atoms. The van der Waals surface area contributed by atoms with Gasteiger partial charge in [0.25, 0.3) is 15.9 Å². The summed E-state index contributed by atoms with van der Waals surface area (Å²) in [6.45, 7) is 7.77. The number of halogens is 1. The summed E-state index contributed by atoms with van der Waals surface area (Å²) in [5, 5.41) is 3.39. The molecule has 3 aromatic carbocycles. The van der Waals surface area contributed by atoms with E-state index in [-0.39, 0.29) is 10.8 Å². The lowest BCUT2D eigenvalue weighted by molar-refractivity contribution is -0.122. The molecule has 0 bridgehead atoms. The van der Waals surface area contributed by atoms with Crippen LogP contribution in [0.15, 0.2) is 65.6 Å². The van der Waals surface area contributed by atoms with Crippen LogP contribution in [0.4, 0.5) is 11.4 Å². The van der Waals surface area contributed by atoms with Crippen molar-refractivity contribution in [2.24, 2.45) is 0 Å². The molecule has 3 rings (SSSR count). The summed E-state index contributed by atoms with van der Waals surface area (Å²) < 4.78 is 39.0. The molecule has 0 saturated heterocycles. The molecule has 7 nitrogen and oxygen atoms in total. The minimum Gasteiger partial charge on any atom is -0.494 e. The first kappa shape index (κ1) is 25.4. The smallest absolute Gasteiger partial charge is 0.265 e. The van der Waals surface area contributed by atoms with Crippen LogP contribution in [0.3, 0.4) is 0 Å². The van der Waals surface area contributed by atoms with E-state index in [9.17, 15) is 13.2 Å². The lowest BCUT2D eigenvalue weighted by atomic mass is 10.1. The van der Waals surface area contributed by atoms with Gasteiger partial charge in [0.2, 0.25) is 0 Å². The molecule has 0 heterocycles. The number of benzene rings is 3. The van der Waals surface area contributed by atoms with Gasteiger partial charge in [-0.25, -0.2) is 8.42 Å². The summed E-state index contributed by atoms with van der Waals surface area (Å²) in [6.07, 6.45) is -0.773. The second-order valence-electron chi connectivity index (χ2n) is 7.71. The predicted molar refractivity (Wildman–Crippen MR) is 135 cm³/mol. The molecule has 0 unspecified atom stereocenters. The molecule has 180 valence electrons. The third-order valence-electron chi connectivity index (χ3n) is 4.94. The Balaban J connectivity index is 1.62. The number of anilines is 2. The largest absolute Gasteiger partial charge is 0.494 e. The summed E-state index contributed by atoms with van der Waals surface area (Å²) in [6, 6.07) is 16.1. The van der Waals surface area contributed by atoms with Crippen LogP contribution < -0.4 is 19.5 Å². The summed E-state index contributed by atoms with van der Waals surface area (Å²) in [4.78, 5) is 12.6. The van der Waals surface area contributed by atoms with Gasteiger partial charge in [-0.15, -0.1) is 0 Å². The number of sulfonamides is 1. The fourth-order valence-corrected chi connectivity index (χ4v) is 4.36. The zero-order chi connectivity index (χ0) is 24.9. The van der Waals surface area contributed by atoms with Crippen LogP contribution in [0.5, 0.6) is 11.5 Å². The van der Waals surface area contributed by atoms with Gasteiger partial charge in [-0.3, -0.25) is 9.52 Å². The van der Waals surface area contributed by atoms with Gasteiger partial charge in [-0.1, -0.05) is 11.6 Å². The highest BCUT2D eigenvalue weighted by Crippen LogP contribution is 2.27. The maximum atomic E-state index is 12.7.